The van der Waals surface area contributed by atoms with Gasteiger partial charge in [0.15, 0.2) is 0 Å². The quantitative estimate of drug-likeness (QED) is 0.610. The number of carbonyl (C=O) groups is 1. The molecule has 2 atom stereocenters. The topological polar surface area (TPSA) is 108 Å². The second kappa shape index (κ2) is 8.67. The van der Waals surface area contributed by atoms with E-state index in [-0.39, 0.29) is 27.9 Å². The first-order valence-corrected chi connectivity index (χ1v) is 9.51. The van der Waals surface area contributed by atoms with Crippen LogP contribution < -0.4 is 20.5 Å². The highest BCUT2D eigenvalue weighted by molar-refractivity contribution is 6.32. The van der Waals surface area contributed by atoms with Crippen LogP contribution in [-0.2, 0) is 10.3 Å². The van der Waals surface area contributed by atoms with Crippen molar-refractivity contribution < 1.29 is 40.7 Å². The van der Waals surface area contributed by atoms with E-state index in [0.717, 1.165) is 31.3 Å². The van der Waals surface area contributed by atoms with Crippen LogP contribution in [0.25, 0.3) is 0 Å². The molecule has 2 aromatic rings. The molecule has 0 spiro atoms. The molecule has 0 saturated carbocycles. The van der Waals surface area contributed by atoms with Crippen LogP contribution in [0.3, 0.4) is 0 Å². The van der Waals surface area contributed by atoms with Crippen LogP contribution in [0.15, 0.2) is 35.5 Å². The number of pyridine rings is 1. The van der Waals surface area contributed by atoms with E-state index < -0.39 is 48.7 Å². The summed E-state index contributed by atoms with van der Waals surface area (Å²) in [5.74, 6) is -2.29. The summed E-state index contributed by atoms with van der Waals surface area (Å²) in [5, 5.41) is 2.06. The van der Waals surface area contributed by atoms with Gasteiger partial charge in [0.05, 0.1) is 24.0 Å². The van der Waals surface area contributed by atoms with E-state index in [4.69, 9.17) is 30.9 Å². The number of anilines is 1. The number of nitrogens with two attached hydrogens (primary N) is 1. The Morgan fingerprint density at radius 3 is 2.70 bits per heavy atom. The number of methoxy groups -OCH3 is 1. The minimum atomic E-state index is -4.85. The molecule has 1 amide bonds. The van der Waals surface area contributed by atoms with Gasteiger partial charge in [-0.3, -0.25) is 10.3 Å². The molecule has 0 fully saturated rings. The van der Waals surface area contributed by atoms with E-state index >= 15 is 0 Å². The van der Waals surface area contributed by atoms with Gasteiger partial charge in [0.2, 0.25) is 11.5 Å². The third kappa shape index (κ3) is 4.81. The van der Waals surface area contributed by atoms with Gasteiger partial charge in [-0.25, -0.2) is 14.2 Å². The Bertz CT molecular complexity index is 1210. The van der Waals surface area contributed by atoms with Crippen molar-refractivity contribution in [2.24, 2.45) is 10.7 Å². The Morgan fingerprint density at radius 2 is 2.09 bits per heavy atom. The van der Waals surface area contributed by atoms with Crippen molar-refractivity contribution in [2.45, 2.75) is 31.2 Å². The number of carbonyl (C=O) groups excluding carboxylic acids is 1. The lowest BCUT2D eigenvalue weighted by molar-refractivity contribution is -0.249. The second-order valence-electron chi connectivity index (χ2n) is 7.36. The van der Waals surface area contributed by atoms with Crippen molar-refractivity contribution in [1.82, 2.24) is 4.98 Å². The number of halogens is 5. The van der Waals surface area contributed by atoms with Crippen LogP contribution >= 0.6 is 11.6 Å². The van der Waals surface area contributed by atoms with Crippen molar-refractivity contribution in [1.29, 1.82) is 0 Å². The van der Waals surface area contributed by atoms with Gasteiger partial charge in [-0.15, -0.1) is 0 Å². The van der Waals surface area contributed by atoms with Crippen molar-refractivity contribution in [3.05, 3.63) is 46.9 Å². The second-order valence-corrected chi connectivity index (χ2v) is 7.77. The number of amides is 1. The third-order valence-corrected chi connectivity index (χ3v) is 5.19. The largest absolute Gasteiger partial charge is 0.495 e. The summed E-state index contributed by atoms with van der Waals surface area (Å²) in [6.45, 7) is 1.39. The molecule has 3 rings (SSSR count). The van der Waals surface area contributed by atoms with Crippen LogP contribution in [0.2, 0.25) is 5.02 Å². The Morgan fingerprint density at radius 1 is 1.36 bits per heavy atom. The van der Waals surface area contributed by atoms with E-state index in [2.05, 4.69) is 20.0 Å². The highest BCUT2D eigenvalue weighted by Crippen LogP contribution is 2.41. The fourth-order valence-electron chi connectivity index (χ4n) is 2.91. The maximum Gasteiger partial charge on any atom is 0.424 e. The van der Waals surface area contributed by atoms with E-state index in [0.29, 0.717) is 0 Å². The Labute approximate surface area is 194 Å². The van der Waals surface area contributed by atoms with Gasteiger partial charge in [-0.2, -0.15) is 13.2 Å². The monoisotopic (exact) mass is 493 g/mol. The lowest BCUT2D eigenvalue weighted by atomic mass is 9.89. The molecule has 33 heavy (non-hydrogen) atoms. The number of ether oxygens (including phenoxy) is 3. The molecular formula is C20H19ClF4N4O4. The molecule has 0 radical (unpaired) electrons. The number of alkyl halides is 3. The molecule has 8 nitrogen and oxygen atoms in total. The standard InChI is InChI=1S/C20H19ClF4N4O4/c1-18(9-32-19(2,16(26)29-18)20(23,24)25)12-6-10(4-5-14(12)22)28-17(30)33-15-13(21)7-11(31-3)8-27-15/h4-8H,9H2,1-3H3,(H2,26,29)(H,28,30)/i3D3. The highest BCUT2D eigenvalue weighted by atomic mass is 35.5. The fraction of sp³-hybridized carbons (Fsp3) is 0.350. The molecule has 0 bridgehead atoms. The summed E-state index contributed by atoms with van der Waals surface area (Å²) in [7, 11) is -2.74. The SMILES string of the molecule is [2H]C([2H])([2H])Oc1cnc(OC(=O)Nc2ccc(F)c(C3(C)COC(C)(C(F)(F)F)C(N)=N3)c2)c(Cl)c1. The summed E-state index contributed by atoms with van der Waals surface area (Å²) < 4.78 is 90.5. The summed E-state index contributed by atoms with van der Waals surface area (Å²) in [5.41, 5.74) is 0.885. The van der Waals surface area contributed by atoms with Crippen LogP contribution in [0.4, 0.5) is 28.0 Å². The average molecular weight is 494 g/mol. The first kappa shape index (κ1) is 20.5. The molecule has 2 unspecified atom stereocenters. The van der Waals surface area contributed by atoms with Crippen molar-refractivity contribution in [3.63, 3.8) is 0 Å². The van der Waals surface area contributed by atoms with E-state index in [1.807, 2.05) is 0 Å². The number of aromatic nitrogens is 1. The summed E-state index contributed by atoms with van der Waals surface area (Å²) in [6, 6.07) is 4.34. The number of nitrogens with one attached hydrogen (secondary N) is 1. The molecule has 0 aliphatic carbocycles. The molecule has 1 aromatic carbocycles. The lowest BCUT2D eigenvalue weighted by Gasteiger charge is -2.41. The van der Waals surface area contributed by atoms with E-state index in [1.165, 1.54) is 13.0 Å². The Kier molecular flexibility index (Phi) is 5.38. The van der Waals surface area contributed by atoms with Gasteiger partial charge in [0, 0.05) is 17.3 Å². The molecule has 1 aliphatic heterocycles. The summed E-state index contributed by atoms with van der Waals surface area (Å²) >= 11 is 5.94. The molecule has 3 N–H and O–H groups in total. The summed E-state index contributed by atoms with van der Waals surface area (Å²) in [4.78, 5) is 19.9. The van der Waals surface area contributed by atoms with Gasteiger partial charge in [-0.1, -0.05) is 11.6 Å². The molecule has 0 saturated heterocycles. The zero-order valence-electron chi connectivity index (χ0n) is 20.1. The molecule has 178 valence electrons. The van der Waals surface area contributed by atoms with Gasteiger partial charge in [0.25, 0.3) is 0 Å². The average Bonchev–Trinajstić information content (AvgIpc) is 2.72. The zero-order chi connectivity index (χ0) is 27.1. The smallest absolute Gasteiger partial charge is 0.424 e. The first-order chi connectivity index (χ1) is 16.4. The van der Waals surface area contributed by atoms with E-state index in [9.17, 15) is 22.4 Å². The minimum Gasteiger partial charge on any atom is -0.495 e. The molecule has 2 heterocycles. The Balaban J connectivity index is 1.79. The number of hydrogen-bond acceptors (Lipinski definition) is 7. The van der Waals surface area contributed by atoms with Gasteiger partial charge < -0.3 is 19.9 Å². The minimum absolute atomic E-state index is 0.00553. The van der Waals surface area contributed by atoms with Gasteiger partial charge >= 0.3 is 12.3 Å². The number of nitrogens with zero attached hydrogens (tertiary/aromatic N) is 2. The molecule has 13 heteroatoms. The molecule has 1 aliphatic rings. The lowest BCUT2D eigenvalue weighted by Crippen LogP contribution is -2.60. The predicted molar refractivity (Wildman–Crippen MR) is 111 cm³/mol. The number of rotatable bonds is 4. The van der Waals surface area contributed by atoms with Crippen LogP contribution in [0, 0.1) is 5.82 Å². The predicted octanol–water partition coefficient (Wildman–Crippen LogP) is 4.42. The van der Waals surface area contributed by atoms with Crippen LogP contribution in [-0.4, -0.2) is 42.3 Å². The van der Waals surface area contributed by atoms with Crippen molar-refractivity contribution in [3.8, 4) is 11.6 Å². The van der Waals surface area contributed by atoms with Gasteiger partial charge in [-0.05, 0) is 32.0 Å². The number of aliphatic imine (C=N–C) groups is 1. The zero-order valence-corrected chi connectivity index (χ0v) is 17.8. The number of benzene rings is 1. The van der Waals surface area contributed by atoms with E-state index in [1.54, 1.807) is 0 Å². The van der Waals surface area contributed by atoms with Gasteiger partial charge in [0.1, 0.15) is 28.0 Å². The number of amidine groups is 1. The van der Waals surface area contributed by atoms with Crippen LogP contribution in [0.1, 0.15) is 23.5 Å². The van der Waals surface area contributed by atoms with Crippen molar-refractivity contribution >= 4 is 29.2 Å². The van der Waals surface area contributed by atoms with Crippen LogP contribution in [0.5, 0.6) is 11.6 Å². The normalized spacial score (nSPS) is 24.7. The number of hydrogen-bond donors (Lipinski definition) is 2. The van der Waals surface area contributed by atoms with Crippen molar-refractivity contribution in [2.75, 3.05) is 19.0 Å². The molecular weight excluding hydrogens is 472 g/mol. The fourth-order valence-corrected chi connectivity index (χ4v) is 3.11. The maximum absolute atomic E-state index is 14.6. The first-order valence-electron chi connectivity index (χ1n) is 10.6. The Hall–Kier alpha value is -3.12. The third-order valence-electron chi connectivity index (χ3n) is 4.92. The summed E-state index contributed by atoms with van der Waals surface area (Å²) in [6.07, 6.45) is -4.98. The maximum atomic E-state index is 14.6. The molecule has 1 aromatic heterocycles. The highest BCUT2D eigenvalue weighted by Gasteiger charge is 2.59.